The lowest BCUT2D eigenvalue weighted by atomic mass is 9.83. The molecule has 2 rings (SSSR count). The second kappa shape index (κ2) is 1.72. The van der Waals surface area contributed by atoms with Gasteiger partial charge in [0.25, 0.3) is 0 Å². The average Bonchev–Trinajstić information content (AvgIpc) is 2.22. The van der Waals surface area contributed by atoms with Gasteiger partial charge in [-0.1, -0.05) is 13.3 Å². The summed E-state index contributed by atoms with van der Waals surface area (Å²) in [6.07, 6.45) is 4.41. The molecule has 0 amide bonds. The topological polar surface area (TPSA) is 12.0 Å². The third-order valence-corrected chi connectivity index (χ3v) is 3.21. The molecule has 1 unspecified atom stereocenters. The highest BCUT2D eigenvalue weighted by Gasteiger charge is 2.41. The Balaban J connectivity index is 2.17. The van der Waals surface area contributed by atoms with Gasteiger partial charge in [-0.15, -0.1) is 0 Å². The molecule has 0 spiro atoms. The van der Waals surface area contributed by atoms with Crippen molar-refractivity contribution in [2.75, 3.05) is 13.1 Å². The van der Waals surface area contributed by atoms with Crippen molar-refractivity contribution >= 4 is 0 Å². The van der Waals surface area contributed by atoms with Crippen molar-refractivity contribution in [3.05, 3.63) is 0 Å². The van der Waals surface area contributed by atoms with Gasteiger partial charge in [0.05, 0.1) is 0 Å². The molecule has 1 aliphatic carbocycles. The smallest absolute Gasteiger partial charge is 0.000841 e. The molecule has 1 saturated carbocycles. The van der Waals surface area contributed by atoms with Gasteiger partial charge in [0.2, 0.25) is 0 Å². The van der Waals surface area contributed by atoms with Crippen LogP contribution in [-0.2, 0) is 0 Å². The van der Waals surface area contributed by atoms with Crippen LogP contribution in [0.25, 0.3) is 0 Å². The van der Waals surface area contributed by atoms with Gasteiger partial charge in [0.15, 0.2) is 0 Å². The second-order valence-corrected chi connectivity index (χ2v) is 3.87. The van der Waals surface area contributed by atoms with E-state index in [1.165, 1.54) is 32.4 Å². The number of fused-ring (bicyclic) bond motifs is 1. The number of rotatable bonds is 0. The van der Waals surface area contributed by atoms with E-state index >= 15 is 0 Å². The third kappa shape index (κ3) is 0.710. The third-order valence-electron chi connectivity index (χ3n) is 3.21. The Hall–Kier alpha value is -0.0400. The molecule has 0 radical (unpaired) electrons. The van der Waals surface area contributed by atoms with Crippen molar-refractivity contribution in [2.45, 2.75) is 26.2 Å². The summed E-state index contributed by atoms with van der Waals surface area (Å²) in [6, 6.07) is 0. The summed E-state index contributed by atoms with van der Waals surface area (Å²) in [5.74, 6) is 1.01. The molecule has 1 saturated heterocycles. The molecule has 2 atom stereocenters. The highest BCUT2D eigenvalue weighted by molar-refractivity contribution is 4.95. The maximum atomic E-state index is 3.46. The van der Waals surface area contributed by atoms with Crippen molar-refractivity contribution in [2.24, 2.45) is 11.3 Å². The number of nitrogens with one attached hydrogen (secondary N) is 1. The van der Waals surface area contributed by atoms with Gasteiger partial charge in [0.1, 0.15) is 0 Å². The number of hydrogen-bond acceptors (Lipinski definition) is 1. The average molecular weight is 125 g/mol. The molecule has 2 aliphatic rings. The van der Waals surface area contributed by atoms with E-state index in [-0.39, 0.29) is 0 Å². The first-order chi connectivity index (χ1) is 4.31. The minimum atomic E-state index is 0.694. The lowest BCUT2D eigenvalue weighted by Gasteiger charge is -2.21. The summed E-state index contributed by atoms with van der Waals surface area (Å²) in [5, 5.41) is 3.46. The van der Waals surface area contributed by atoms with E-state index in [4.69, 9.17) is 0 Å². The summed E-state index contributed by atoms with van der Waals surface area (Å²) in [5.41, 5.74) is 0.694. The molecular formula is C8H15N. The molecule has 0 aromatic carbocycles. The van der Waals surface area contributed by atoms with E-state index in [0.29, 0.717) is 5.41 Å². The fourth-order valence-electron chi connectivity index (χ4n) is 2.42. The summed E-state index contributed by atoms with van der Waals surface area (Å²) >= 11 is 0. The second-order valence-electron chi connectivity index (χ2n) is 3.87. The highest BCUT2D eigenvalue weighted by atomic mass is 14.9. The molecule has 0 bridgehead atoms. The zero-order valence-corrected chi connectivity index (χ0v) is 6.11. The first-order valence-electron chi connectivity index (χ1n) is 4.02. The van der Waals surface area contributed by atoms with E-state index in [1.807, 2.05) is 0 Å². The minimum Gasteiger partial charge on any atom is -0.316 e. The molecule has 1 nitrogen and oxygen atoms in total. The highest BCUT2D eigenvalue weighted by Crippen LogP contribution is 2.44. The van der Waals surface area contributed by atoms with Crippen molar-refractivity contribution in [1.82, 2.24) is 5.32 Å². The molecular weight excluding hydrogens is 110 g/mol. The van der Waals surface area contributed by atoms with Crippen LogP contribution in [0.2, 0.25) is 0 Å². The molecule has 0 aromatic heterocycles. The van der Waals surface area contributed by atoms with Crippen LogP contribution in [0.3, 0.4) is 0 Å². The summed E-state index contributed by atoms with van der Waals surface area (Å²) in [4.78, 5) is 0. The van der Waals surface area contributed by atoms with Gasteiger partial charge in [0, 0.05) is 6.54 Å². The van der Waals surface area contributed by atoms with Gasteiger partial charge in [-0.05, 0) is 30.7 Å². The Morgan fingerprint density at radius 2 is 2.44 bits per heavy atom. The SMILES string of the molecule is C[C@]12CCCC1CNC2. The van der Waals surface area contributed by atoms with E-state index in [1.54, 1.807) is 0 Å². The van der Waals surface area contributed by atoms with Crippen LogP contribution < -0.4 is 5.32 Å². The van der Waals surface area contributed by atoms with Crippen LogP contribution in [0.1, 0.15) is 26.2 Å². The first-order valence-corrected chi connectivity index (χ1v) is 4.02. The lowest BCUT2D eigenvalue weighted by Crippen LogP contribution is -2.20. The van der Waals surface area contributed by atoms with Crippen molar-refractivity contribution in [1.29, 1.82) is 0 Å². The fraction of sp³-hybridized carbons (Fsp3) is 1.00. The summed E-state index contributed by atoms with van der Waals surface area (Å²) < 4.78 is 0. The fourth-order valence-corrected chi connectivity index (χ4v) is 2.42. The summed E-state index contributed by atoms with van der Waals surface area (Å²) in [6.45, 7) is 5.00. The van der Waals surface area contributed by atoms with Gasteiger partial charge in [-0.2, -0.15) is 0 Å². The Kier molecular flexibility index (Phi) is 1.10. The van der Waals surface area contributed by atoms with Crippen molar-refractivity contribution in [3.8, 4) is 0 Å². The normalized spacial score (nSPS) is 49.7. The molecule has 0 aromatic rings. The predicted octanol–water partition coefficient (Wildman–Crippen LogP) is 1.40. The number of hydrogen-bond donors (Lipinski definition) is 1. The standard InChI is InChI=1S/C8H15N/c1-8-4-2-3-7(8)5-9-6-8/h7,9H,2-6H2,1H3/t7?,8-/m1/s1. The predicted molar refractivity (Wildman–Crippen MR) is 38.3 cm³/mol. The van der Waals surface area contributed by atoms with Crippen LogP contribution in [-0.4, -0.2) is 13.1 Å². The maximum absolute atomic E-state index is 3.46. The zero-order chi connectivity index (χ0) is 6.32. The molecule has 2 fully saturated rings. The van der Waals surface area contributed by atoms with Crippen molar-refractivity contribution < 1.29 is 0 Å². The van der Waals surface area contributed by atoms with Crippen molar-refractivity contribution in [3.63, 3.8) is 0 Å². The largest absolute Gasteiger partial charge is 0.316 e. The van der Waals surface area contributed by atoms with Gasteiger partial charge in [-0.25, -0.2) is 0 Å². The Morgan fingerprint density at radius 1 is 1.56 bits per heavy atom. The Morgan fingerprint density at radius 3 is 3.22 bits per heavy atom. The van der Waals surface area contributed by atoms with E-state index in [2.05, 4.69) is 12.2 Å². The molecule has 1 aliphatic heterocycles. The Labute approximate surface area is 56.8 Å². The van der Waals surface area contributed by atoms with Crippen LogP contribution >= 0.6 is 0 Å². The molecule has 1 heterocycles. The van der Waals surface area contributed by atoms with E-state index in [9.17, 15) is 0 Å². The summed E-state index contributed by atoms with van der Waals surface area (Å²) in [7, 11) is 0. The lowest BCUT2D eigenvalue weighted by molar-refractivity contribution is 0.306. The quantitative estimate of drug-likeness (QED) is 0.516. The molecule has 52 valence electrons. The van der Waals surface area contributed by atoms with Crippen LogP contribution in [0.5, 0.6) is 0 Å². The zero-order valence-electron chi connectivity index (χ0n) is 6.11. The minimum absolute atomic E-state index is 0.694. The molecule has 1 heteroatoms. The Bertz CT molecular complexity index is 110. The van der Waals surface area contributed by atoms with Gasteiger partial charge in [-0.3, -0.25) is 0 Å². The maximum Gasteiger partial charge on any atom is 0.000841 e. The van der Waals surface area contributed by atoms with E-state index in [0.717, 1.165) is 5.92 Å². The van der Waals surface area contributed by atoms with Gasteiger partial charge < -0.3 is 5.32 Å². The van der Waals surface area contributed by atoms with Crippen LogP contribution in [0, 0.1) is 11.3 Å². The molecule has 9 heavy (non-hydrogen) atoms. The van der Waals surface area contributed by atoms with Gasteiger partial charge >= 0.3 is 0 Å². The van der Waals surface area contributed by atoms with Crippen LogP contribution in [0.4, 0.5) is 0 Å². The molecule has 1 N–H and O–H groups in total. The van der Waals surface area contributed by atoms with Crippen LogP contribution in [0.15, 0.2) is 0 Å². The van der Waals surface area contributed by atoms with E-state index < -0.39 is 0 Å². The monoisotopic (exact) mass is 125 g/mol. The first kappa shape index (κ1) is 5.72.